The van der Waals surface area contributed by atoms with Gasteiger partial charge in [0.05, 0.1) is 13.3 Å². The molecule has 0 fully saturated rings. The molecule has 1 heterocycles. The summed E-state index contributed by atoms with van der Waals surface area (Å²) < 4.78 is 5.27. The minimum Gasteiger partial charge on any atom is -0.497 e. The fourth-order valence-electron chi connectivity index (χ4n) is 2.29. The quantitative estimate of drug-likeness (QED) is 0.843. The topological polar surface area (TPSA) is 24.5 Å². The van der Waals surface area contributed by atoms with E-state index in [0.29, 0.717) is 6.17 Å². The molecule has 0 amide bonds. The molecule has 0 saturated carbocycles. The number of ether oxygens (including phenoxy) is 1. The number of anilines is 1. The molecule has 0 aliphatic carbocycles. The third-order valence-corrected chi connectivity index (χ3v) is 3.33. The van der Waals surface area contributed by atoms with Crippen LogP contribution < -0.4 is 15.0 Å². The van der Waals surface area contributed by atoms with Gasteiger partial charge in [0.25, 0.3) is 0 Å². The van der Waals surface area contributed by atoms with Crippen LogP contribution in [0.2, 0.25) is 0 Å². The molecule has 88 valence electrons. The molecule has 1 aromatic rings. The monoisotopic (exact) mass is 220 g/mol. The lowest BCUT2D eigenvalue weighted by Gasteiger charge is -2.36. The van der Waals surface area contributed by atoms with Gasteiger partial charge in [-0.25, -0.2) is 0 Å². The van der Waals surface area contributed by atoms with Crippen LogP contribution in [-0.2, 0) is 6.42 Å². The van der Waals surface area contributed by atoms with Gasteiger partial charge in [0.1, 0.15) is 5.75 Å². The van der Waals surface area contributed by atoms with Crippen molar-refractivity contribution in [3.63, 3.8) is 0 Å². The Bertz CT molecular complexity index is 365. The highest BCUT2D eigenvalue weighted by Gasteiger charge is 2.20. The predicted octanol–water partition coefficient (Wildman–Crippen LogP) is 2.01. The molecule has 3 nitrogen and oxygen atoms in total. The fourth-order valence-corrected chi connectivity index (χ4v) is 2.29. The average molecular weight is 220 g/mol. The van der Waals surface area contributed by atoms with Crippen molar-refractivity contribution in [3.05, 3.63) is 23.8 Å². The zero-order chi connectivity index (χ0) is 11.5. The number of rotatable bonds is 3. The predicted molar refractivity (Wildman–Crippen MR) is 67.2 cm³/mol. The average Bonchev–Trinajstić information content (AvgIpc) is 2.36. The number of fused-ring (bicyclic) bond motifs is 1. The molecule has 1 aliphatic rings. The van der Waals surface area contributed by atoms with E-state index in [-0.39, 0.29) is 0 Å². The van der Waals surface area contributed by atoms with Gasteiger partial charge in [-0.2, -0.15) is 0 Å². The van der Waals surface area contributed by atoms with Crippen LogP contribution in [0.3, 0.4) is 0 Å². The van der Waals surface area contributed by atoms with E-state index in [1.54, 1.807) is 7.11 Å². The largest absolute Gasteiger partial charge is 0.497 e. The summed E-state index contributed by atoms with van der Waals surface area (Å²) in [6.45, 7) is 3.32. The highest BCUT2D eigenvalue weighted by Crippen LogP contribution is 2.31. The van der Waals surface area contributed by atoms with E-state index in [2.05, 4.69) is 29.3 Å². The van der Waals surface area contributed by atoms with Crippen molar-refractivity contribution in [2.45, 2.75) is 25.9 Å². The van der Waals surface area contributed by atoms with Crippen molar-refractivity contribution in [1.82, 2.24) is 5.32 Å². The molecule has 0 spiro atoms. The van der Waals surface area contributed by atoms with Crippen LogP contribution in [0.15, 0.2) is 18.2 Å². The Morgan fingerprint density at radius 1 is 1.44 bits per heavy atom. The van der Waals surface area contributed by atoms with Crippen molar-refractivity contribution in [2.75, 3.05) is 25.6 Å². The van der Waals surface area contributed by atoms with Crippen molar-refractivity contribution in [2.24, 2.45) is 0 Å². The van der Waals surface area contributed by atoms with Crippen LogP contribution in [0, 0.1) is 0 Å². The minimum absolute atomic E-state index is 0.382. The SMILES string of the molecule is CNC(C)N1CCCc2cc(OC)ccc21. The molecule has 1 atom stereocenters. The Balaban J connectivity index is 2.32. The zero-order valence-corrected chi connectivity index (χ0v) is 10.3. The Labute approximate surface area is 97.4 Å². The summed E-state index contributed by atoms with van der Waals surface area (Å²) >= 11 is 0. The first kappa shape index (κ1) is 11.3. The Morgan fingerprint density at radius 3 is 2.94 bits per heavy atom. The number of hydrogen-bond acceptors (Lipinski definition) is 3. The molecule has 0 radical (unpaired) electrons. The van der Waals surface area contributed by atoms with Gasteiger partial charge in [0.2, 0.25) is 0 Å². The van der Waals surface area contributed by atoms with E-state index in [1.807, 2.05) is 13.1 Å². The lowest BCUT2D eigenvalue weighted by molar-refractivity contribution is 0.413. The summed E-state index contributed by atoms with van der Waals surface area (Å²) in [7, 11) is 3.72. The molecule has 2 rings (SSSR count). The normalized spacial score (nSPS) is 16.8. The van der Waals surface area contributed by atoms with Crippen LogP contribution in [0.4, 0.5) is 5.69 Å². The standard InChI is InChI=1S/C13H20N2O/c1-10(14-2)15-8-4-5-11-9-12(16-3)6-7-13(11)15/h6-7,9-10,14H,4-5,8H2,1-3H3. The van der Waals surface area contributed by atoms with E-state index in [4.69, 9.17) is 4.74 Å². The molecule has 0 bridgehead atoms. The summed E-state index contributed by atoms with van der Waals surface area (Å²) in [5, 5.41) is 3.30. The number of aryl methyl sites for hydroxylation is 1. The number of hydrogen-bond donors (Lipinski definition) is 1. The summed E-state index contributed by atoms with van der Waals surface area (Å²) in [5.41, 5.74) is 2.74. The Morgan fingerprint density at radius 2 is 2.25 bits per heavy atom. The van der Waals surface area contributed by atoms with Crippen molar-refractivity contribution < 1.29 is 4.74 Å². The van der Waals surface area contributed by atoms with Crippen molar-refractivity contribution >= 4 is 5.69 Å². The molecular formula is C13H20N2O. The maximum Gasteiger partial charge on any atom is 0.119 e. The number of nitrogens with one attached hydrogen (secondary N) is 1. The van der Waals surface area contributed by atoms with Gasteiger partial charge in [-0.05, 0) is 50.6 Å². The highest BCUT2D eigenvalue weighted by molar-refractivity contribution is 5.58. The van der Waals surface area contributed by atoms with Gasteiger partial charge in [-0.1, -0.05) is 0 Å². The first-order chi connectivity index (χ1) is 7.76. The summed E-state index contributed by atoms with van der Waals surface area (Å²) in [6, 6.07) is 6.37. The lowest BCUT2D eigenvalue weighted by Crippen LogP contribution is -2.44. The van der Waals surface area contributed by atoms with Crippen LogP contribution in [0.25, 0.3) is 0 Å². The summed E-state index contributed by atoms with van der Waals surface area (Å²) in [6.07, 6.45) is 2.75. The summed E-state index contributed by atoms with van der Waals surface area (Å²) in [4.78, 5) is 2.41. The third kappa shape index (κ3) is 2.00. The van der Waals surface area contributed by atoms with Gasteiger partial charge < -0.3 is 15.0 Å². The van der Waals surface area contributed by atoms with Gasteiger partial charge >= 0.3 is 0 Å². The minimum atomic E-state index is 0.382. The molecule has 1 unspecified atom stereocenters. The second-order valence-electron chi connectivity index (χ2n) is 4.26. The lowest BCUT2D eigenvalue weighted by atomic mass is 10.0. The number of benzene rings is 1. The van der Waals surface area contributed by atoms with Crippen LogP contribution in [0.1, 0.15) is 18.9 Å². The molecule has 0 saturated heterocycles. The third-order valence-electron chi connectivity index (χ3n) is 3.33. The maximum atomic E-state index is 5.27. The van der Waals surface area contributed by atoms with E-state index >= 15 is 0 Å². The number of methoxy groups -OCH3 is 1. The van der Waals surface area contributed by atoms with Crippen LogP contribution >= 0.6 is 0 Å². The van der Waals surface area contributed by atoms with Gasteiger partial charge in [-0.15, -0.1) is 0 Å². The maximum absolute atomic E-state index is 5.27. The molecule has 16 heavy (non-hydrogen) atoms. The molecule has 1 N–H and O–H groups in total. The van der Waals surface area contributed by atoms with Gasteiger partial charge in [0.15, 0.2) is 0 Å². The van der Waals surface area contributed by atoms with E-state index < -0.39 is 0 Å². The molecule has 1 aliphatic heterocycles. The molecular weight excluding hydrogens is 200 g/mol. The highest BCUT2D eigenvalue weighted by atomic mass is 16.5. The second-order valence-corrected chi connectivity index (χ2v) is 4.26. The smallest absolute Gasteiger partial charge is 0.119 e. The first-order valence-corrected chi connectivity index (χ1v) is 5.87. The van der Waals surface area contributed by atoms with Crippen LogP contribution in [-0.4, -0.2) is 26.9 Å². The van der Waals surface area contributed by atoms with Gasteiger partial charge in [-0.3, -0.25) is 0 Å². The fraction of sp³-hybridized carbons (Fsp3) is 0.538. The zero-order valence-electron chi connectivity index (χ0n) is 10.3. The van der Waals surface area contributed by atoms with Gasteiger partial charge in [0, 0.05) is 12.2 Å². The van der Waals surface area contributed by atoms with Crippen molar-refractivity contribution in [1.29, 1.82) is 0 Å². The molecule has 1 aromatic carbocycles. The molecule has 0 aromatic heterocycles. The first-order valence-electron chi connectivity index (χ1n) is 5.87. The van der Waals surface area contributed by atoms with Crippen molar-refractivity contribution in [3.8, 4) is 5.75 Å². The van der Waals surface area contributed by atoms with E-state index in [0.717, 1.165) is 18.7 Å². The second kappa shape index (κ2) is 4.74. The Kier molecular flexibility index (Phi) is 3.34. The van der Waals surface area contributed by atoms with Crippen LogP contribution in [0.5, 0.6) is 5.75 Å². The summed E-state index contributed by atoms with van der Waals surface area (Å²) in [5.74, 6) is 0.956. The molecule has 3 heteroatoms. The Hall–Kier alpha value is -1.22. The number of nitrogens with zero attached hydrogens (tertiary/aromatic N) is 1. The van der Waals surface area contributed by atoms with E-state index in [1.165, 1.54) is 17.7 Å². The van der Waals surface area contributed by atoms with E-state index in [9.17, 15) is 0 Å².